The number of rotatable bonds is 6. The molecule has 0 N–H and O–H groups in total. The van der Waals surface area contributed by atoms with Crippen LogP contribution in [0.1, 0.15) is 20.3 Å². The van der Waals surface area contributed by atoms with Crippen molar-refractivity contribution in [2.45, 2.75) is 20.3 Å². The molecule has 60 valence electrons. The topological polar surface area (TPSA) is 29.5 Å². The highest BCUT2D eigenvalue weighted by atomic mass is 16.5. The lowest BCUT2D eigenvalue weighted by atomic mass is 10.5. The normalized spacial score (nSPS) is 9.40. The molecule has 0 aromatic carbocycles. The Bertz CT molecular complexity index is 85.7. The van der Waals surface area contributed by atoms with Gasteiger partial charge in [0, 0.05) is 13.2 Å². The van der Waals surface area contributed by atoms with Gasteiger partial charge in [-0.05, 0) is 13.3 Å². The maximum atomic E-state index is 10.2. The summed E-state index contributed by atoms with van der Waals surface area (Å²) in [5.41, 5.74) is 0. The maximum absolute atomic E-state index is 10.2. The van der Waals surface area contributed by atoms with E-state index >= 15 is 0 Å². The van der Waals surface area contributed by atoms with E-state index in [-0.39, 0.29) is 0 Å². The Morgan fingerprint density at radius 1 is 1.50 bits per heavy atom. The van der Waals surface area contributed by atoms with Crippen molar-refractivity contribution in [2.75, 3.05) is 19.9 Å². The van der Waals surface area contributed by atoms with Crippen LogP contribution < -0.4 is 0 Å². The standard InChI is InChI=1S/C7H15NO2/c1-3-5-8(6-9)7-10-4-2/h6H,3-5,7H2,1-2H3. The summed E-state index contributed by atoms with van der Waals surface area (Å²) in [5.74, 6) is 0. The zero-order valence-electron chi connectivity index (χ0n) is 6.67. The fourth-order valence-electron chi connectivity index (χ4n) is 0.643. The van der Waals surface area contributed by atoms with Crippen LogP contribution in [0.15, 0.2) is 0 Å². The molecule has 0 atom stereocenters. The minimum atomic E-state index is 0.424. The highest BCUT2D eigenvalue weighted by Gasteiger charge is 1.96. The molecule has 0 saturated heterocycles. The van der Waals surface area contributed by atoms with Crippen LogP contribution in [0.2, 0.25) is 0 Å². The van der Waals surface area contributed by atoms with Gasteiger partial charge in [-0.1, -0.05) is 6.92 Å². The largest absolute Gasteiger partial charge is 0.361 e. The third-order valence-corrected chi connectivity index (χ3v) is 1.12. The van der Waals surface area contributed by atoms with Crippen molar-refractivity contribution < 1.29 is 9.53 Å². The fraction of sp³-hybridized carbons (Fsp3) is 0.857. The minimum Gasteiger partial charge on any atom is -0.361 e. The summed E-state index contributed by atoms with van der Waals surface area (Å²) in [4.78, 5) is 11.9. The SMILES string of the molecule is CCCN(C=O)COCC. The van der Waals surface area contributed by atoms with E-state index in [1.807, 2.05) is 13.8 Å². The molecular formula is C7H15NO2. The van der Waals surface area contributed by atoms with Gasteiger partial charge in [-0.15, -0.1) is 0 Å². The second kappa shape index (κ2) is 6.55. The van der Waals surface area contributed by atoms with Crippen LogP contribution in [-0.4, -0.2) is 31.2 Å². The number of nitrogens with zero attached hydrogens (tertiary/aromatic N) is 1. The molecule has 0 aromatic rings. The molecule has 0 aliphatic heterocycles. The Morgan fingerprint density at radius 3 is 2.60 bits per heavy atom. The summed E-state index contributed by atoms with van der Waals surface area (Å²) in [6.07, 6.45) is 1.80. The van der Waals surface area contributed by atoms with Gasteiger partial charge in [0.05, 0.1) is 0 Å². The average molecular weight is 145 g/mol. The summed E-state index contributed by atoms with van der Waals surface area (Å²) < 4.78 is 5.03. The minimum absolute atomic E-state index is 0.424. The zero-order valence-corrected chi connectivity index (χ0v) is 6.67. The quantitative estimate of drug-likeness (QED) is 0.409. The van der Waals surface area contributed by atoms with Crippen molar-refractivity contribution in [3.8, 4) is 0 Å². The summed E-state index contributed by atoms with van der Waals surface area (Å²) >= 11 is 0. The highest BCUT2D eigenvalue weighted by Crippen LogP contribution is 1.86. The second-order valence-corrected chi connectivity index (χ2v) is 2.04. The van der Waals surface area contributed by atoms with Crippen molar-refractivity contribution in [3.63, 3.8) is 0 Å². The van der Waals surface area contributed by atoms with Crippen LogP contribution in [0.4, 0.5) is 0 Å². The van der Waals surface area contributed by atoms with Crippen molar-refractivity contribution in [1.82, 2.24) is 4.90 Å². The van der Waals surface area contributed by atoms with Crippen molar-refractivity contribution >= 4 is 6.41 Å². The molecule has 0 unspecified atom stereocenters. The molecule has 0 rings (SSSR count). The lowest BCUT2D eigenvalue weighted by Gasteiger charge is -2.14. The number of hydrogen-bond acceptors (Lipinski definition) is 2. The molecule has 0 saturated carbocycles. The Morgan fingerprint density at radius 2 is 2.20 bits per heavy atom. The zero-order chi connectivity index (χ0) is 7.82. The van der Waals surface area contributed by atoms with Crippen LogP contribution >= 0.6 is 0 Å². The lowest BCUT2D eigenvalue weighted by molar-refractivity contribution is -0.123. The molecule has 0 heterocycles. The summed E-state index contributed by atoms with van der Waals surface area (Å²) in [6, 6.07) is 0. The van der Waals surface area contributed by atoms with Crippen molar-refractivity contribution in [3.05, 3.63) is 0 Å². The van der Waals surface area contributed by atoms with E-state index in [0.29, 0.717) is 13.3 Å². The predicted octanol–water partition coefficient (Wildman–Crippen LogP) is 0.849. The van der Waals surface area contributed by atoms with Crippen LogP contribution in [0, 0.1) is 0 Å². The van der Waals surface area contributed by atoms with Crippen LogP contribution in [0.3, 0.4) is 0 Å². The van der Waals surface area contributed by atoms with Gasteiger partial charge in [0.25, 0.3) is 0 Å². The van der Waals surface area contributed by atoms with Gasteiger partial charge in [0.15, 0.2) is 0 Å². The third kappa shape index (κ3) is 4.32. The van der Waals surface area contributed by atoms with Crippen LogP contribution in [0.5, 0.6) is 0 Å². The van der Waals surface area contributed by atoms with Gasteiger partial charge < -0.3 is 9.64 Å². The van der Waals surface area contributed by atoms with E-state index in [9.17, 15) is 4.79 Å². The van der Waals surface area contributed by atoms with Gasteiger partial charge in [0.2, 0.25) is 6.41 Å². The molecule has 3 heteroatoms. The van der Waals surface area contributed by atoms with Crippen molar-refractivity contribution in [1.29, 1.82) is 0 Å². The van der Waals surface area contributed by atoms with Crippen LogP contribution in [-0.2, 0) is 9.53 Å². The Balaban J connectivity index is 3.29. The monoisotopic (exact) mass is 145 g/mol. The molecule has 10 heavy (non-hydrogen) atoms. The van der Waals surface area contributed by atoms with Gasteiger partial charge in [-0.2, -0.15) is 0 Å². The number of carbonyl (C=O) groups is 1. The number of hydrogen-bond donors (Lipinski definition) is 0. The molecule has 0 radical (unpaired) electrons. The number of carbonyl (C=O) groups excluding carboxylic acids is 1. The first kappa shape index (κ1) is 9.43. The molecule has 0 aliphatic rings. The third-order valence-electron chi connectivity index (χ3n) is 1.12. The molecular weight excluding hydrogens is 130 g/mol. The molecule has 0 aliphatic carbocycles. The van der Waals surface area contributed by atoms with Gasteiger partial charge in [0.1, 0.15) is 6.73 Å². The number of amides is 1. The van der Waals surface area contributed by atoms with Crippen LogP contribution in [0.25, 0.3) is 0 Å². The van der Waals surface area contributed by atoms with E-state index < -0.39 is 0 Å². The first-order valence-corrected chi connectivity index (χ1v) is 3.62. The predicted molar refractivity (Wildman–Crippen MR) is 39.6 cm³/mol. The molecule has 0 bridgehead atoms. The summed E-state index contributed by atoms with van der Waals surface area (Å²) in [6.45, 7) is 5.81. The highest BCUT2D eigenvalue weighted by molar-refractivity contribution is 5.46. The molecule has 0 aromatic heterocycles. The van der Waals surface area contributed by atoms with Crippen molar-refractivity contribution in [2.24, 2.45) is 0 Å². The summed E-state index contributed by atoms with van der Waals surface area (Å²) in [5, 5.41) is 0. The first-order valence-electron chi connectivity index (χ1n) is 3.62. The lowest BCUT2D eigenvalue weighted by Crippen LogP contribution is -2.25. The van der Waals surface area contributed by atoms with Gasteiger partial charge in [-0.3, -0.25) is 4.79 Å². The van der Waals surface area contributed by atoms with E-state index in [1.54, 1.807) is 4.90 Å². The fourth-order valence-corrected chi connectivity index (χ4v) is 0.643. The average Bonchev–Trinajstić information content (AvgIpc) is 1.98. The first-order chi connectivity index (χ1) is 4.85. The Hall–Kier alpha value is -0.570. The smallest absolute Gasteiger partial charge is 0.211 e. The van der Waals surface area contributed by atoms with E-state index in [0.717, 1.165) is 19.4 Å². The maximum Gasteiger partial charge on any atom is 0.211 e. The molecule has 0 spiro atoms. The molecule has 3 nitrogen and oxygen atoms in total. The Kier molecular flexibility index (Phi) is 6.18. The van der Waals surface area contributed by atoms with E-state index in [4.69, 9.17) is 4.74 Å². The molecule has 0 fully saturated rings. The molecule has 1 amide bonds. The van der Waals surface area contributed by atoms with E-state index in [2.05, 4.69) is 0 Å². The second-order valence-electron chi connectivity index (χ2n) is 2.04. The Labute approximate surface area is 62.0 Å². The van der Waals surface area contributed by atoms with Gasteiger partial charge >= 0.3 is 0 Å². The van der Waals surface area contributed by atoms with Gasteiger partial charge in [-0.25, -0.2) is 0 Å². The number of ether oxygens (including phenoxy) is 1. The summed E-state index contributed by atoms with van der Waals surface area (Å²) in [7, 11) is 0. The van der Waals surface area contributed by atoms with E-state index in [1.165, 1.54) is 0 Å².